The highest BCUT2D eigenvalue weighted by molar-refractivity contribution is 5.99. The summed E-state index contributed by atoms with van der Waals surface area (Å²) in [5, 5.41) is 0. The summed E-state index contributed by atoms with van der Waals surface area (Å²) in [6.45, 7) is 7.16. The summed E-state index contributed by atoms with van der Waals surface area (Å²) >= 11 is 0. The van der Waals surface area contributed by atoms with Gasteiger partial charge in [-0.05, 0) is 24.0 Å². The Bertz CT molecular complexity index is 391. The molecule has 1 aromatic carbocycles. The lowest BCUT2D eigenvalue weighted by molar-refractivity contribution is 0.0703. The van der Waals surface area contributed by atoms with Crippen LogP contribution in [0.5, 0.6) is 5.75 Å². The Hall–Kier alpha value is -1.35. The zero-order valence-corrected chi connectivity index (χ0v) is 11.7. The molecule has 1 aromatic rings. The van der Waals surface area contributed by atoms with Crippen molar-refractivity contribution in [2.75, 3.05) is 20.3 Å². The van der Waals surface area contributed by atoms with Crippen LogP contribution in [0, 0.1) is 5.41 Å². The molecule has 0 amide bonds. The molecule has 0 saturated carbocycles. The molecule has 0 unspecified atom stereocenters. The molecule has 0 aliphatic rings. The molecule has 0 spiro atoms. The van der Waals surface area contributed by atoms with Crippen molar-refractivity contribution in [2.45, 2.75) is 27.2 Å². The molecule has 0 fully saturated rings. The fraction of sp³-hybridized carbons (Fsp3) is 0.533. The Kier molecular flexibility index (Phi) is 5.35. The highest BCUT2D eigenvalue weighted by atomic mass is 16.5. The first-order valence-electron chi connectivity index (χ1n) is 6.18. The van der Waals surface area contributed by atoms with E-state index in [0.29, 0.717) is 17.9 Å². The van der Waals surface area contributed by atoms with Crippen LogP contribution >= 0.6 is 0 Å². The Morgan fingerprint density at radius 2 is 1.89 bits per heavy atom. The number of carbonyl (C=O) groups excluding carboxylic acids is 1. The number of ketones is 1. The van der Waals surface area contributed by atoms with Gasteiger partial charge in [0.1, 0.15) is 12.4 Å². The zero-order valence-electron chi connectivity index (χ0n) is 11.7. The SMILES string of the molecule is COc1ccccc1C(=O)COCCC(C)(C)C. The number of hydrogen-bond donors (Lipinski definition) is 0. The molecule has 100 valence electrons. The maximum Gasteiger partial charge on any atom is 0.192 e. The zero-order chi connectivity index (χ0) is 13.6. The first kappa shape index (κ1) is 14.7. The Balaban J connectivity index is 2.46. The van der Waals surface area contributed by atoms with Crippen molar-refractivity contribution in [3.63, 3.8) is 0 Å². The molecule has 1 rings (SSSR count). The number of rotatable bonds is 6. The highest BCUT2D eigenvalue weighted by Crippen LogP contribution is 2.19. The van der Waals surface area contributed by atoms with Crippen molar-refractivity contribution in [1.82, 2.24) is 0 Å². The van der Waals surface area contributed by atoms with Crippen molar-refractivity contribution in [1.29, 1.82) is 0 Å². The van der Waals surface area contributed by atoms with Gasteiger partial charge in [-0.1, -0.05) is 32.9 Å². The van der Waals surface area contributed by atoms with Crippen LogP contribution in [0.3, 0.4) is 0 Å². The summed E-state index contributed by atoms with van der Waals surface area (Å²) in [6, 6.07) is 7.21. The monoisotopic (exact) mass is 250 g/mol. The van der Waals surface area contributed by atoms with Gasteiger partial charge in [-0.3, -0.25) is 4.79 Å². The van der Waals surface area contributed by atoms with Gasteiger partial charge in [-0.25, -0.2) is 0 Å². The van der Waals surface area contributed by atoms with E-state index in [9.17, 15) is 4.79 Å². The predicted octanol–water partition coefficient (Wildman–Crippen LogP) is 3.33. The first-order valence-corrected chi connectivity index (χ1v) is 6.18. The van der Waals surface area contributed by atoms with Crippen LogP contribution in [0.25, 0.3) is 0 Å². The summed E-state index contributed by atoms with van der Waals surface area (Å²) in [6.07, 6.45) is 0.937. The average Bonchev–Trinajstić information content (AvgIpc) is 2.33. The molecule has 0 radical (unpaired) electrons. The molecule has 0 atom stereocenters. The number of Topliss-reactive ketones (excluding diaryl/α,β-unsaturated/α-hetero) is 1. The molecular formula is C15H22O3. The predicted molar refractivity (Wildman–Crippen MR) is 72.2 cm³/mol. The van der Waals surface area contributed by atoms with E-state index in [1.54, 1.807) is 19.2 Å². The second kappa shape index (κ2) is 6.55. The lowest BCUT2D eigenvalue weighted by Crippen LogP contribution is -2.14. The van der Waals surface area contributed by atoms with Crippen LogP contribution in [0.15, 0.2) is 24.3 Å². The van der Waals surface area contributed by atoms with Gasteiger partial charge in [0.05, 0.1) is 12.7 Å². The van der Waals surface area contributed by atoms with E-state index in [2.05, 4.69) is 20.8 Å². The molecule has 0 N–H and O–H groups in total. The van der Waals surface area contributed by atoms with Gasteiger partial charge in [0.15, 0.2) is 5.78 Å². The van der Waals surface area contributed by atoms with Crippen LogP contribution in [0.1, 0.15) is 37.6 Å². The summed E-state index contributed by atoms with van der Waals surface area (Å²) < 4.78 is 10.6. The summed E-state index contributed by atoms with van der Waals surface area (Å²) in [5.41, 5.74) is 0.809. The minimum absolute atomic E-state index is 0.0404. The second-order valence-corrected chi connectivity index (χ2v) is 5.49. The first-order chi connectivity index (χ1) is 8.44. The van der Waals surface area contributed by atoms with Crippen molar-refractivity contribution < 1.29 is 14.3 Å². The summed E-state index contributed by atoms with van der Waals surface area (Å²) in [4.78, 5) is 11.9. The molecule has 0 aromatic heterocycles. The van der Waals surface area contributed by atoms with E-state index in [4.69, 9.17) is 9.47 Å². The molecule has 0 aliphatic carbocycles. The molecule has 3 nitrogen and oxygen atoms in total. The number of ether oxygens (including phenoxy) is 2. The third-order valence-electron chi connectivity index (χ3n) is 2.64. The fourth-order valence-corrected chi connectivity index (χ4v) is 1.50. The molecule has 18 heavy (non-hydrogen) atoms. The van der Waals surface area contributed by atoms with Crippen LogP contribution in [0.4, 0.5) is 0 Å². The van der Waals surface area contributed by atoms with Crippen LogP contribution < -0.4 is 4.74 Å². The van der Waals surface area contributed by atoms with Crippen LogP contribution in [0.2, 0.25) is 0 Å². The number of para-hydroxylation sites is 1. The van der Waals surface area contributed by atoms with Gasteiger partial charge < -0.3 is 9.47 Å². The van der Waals surface area contributed by atoms with E-state index in [1.807, 2.05) is 12.1 Å². The van der Waals surface area contributed by atoms with E-state index in [-0.39, 0.29) is 17.8 Å². The quantitative estimate of drug-likeness (QED) is 0.574. The minimum atomic E-state index is -0.0404. The maximum atomic E-state index is 11.9. The van der Waals surface area contributed by atoms with E-state index < -0.39 is 0 Å². The lowest BCUT2D eigenvalue weighted by atomic mass is 9.93. The normalized spacial score (nSPS) is 11.3. The van der Waals surface area contributed by atoms with E-state index in [1.165, 1.54) is 0 Å². The van der Waals surface area contributed by atoms with Gasteiger partial charge in [0, 0.05) is 6.61 Å². The van der Waals surface area contributed by atoms with Gasteiger partial charge in [-0.15, -0.1) is 0 Å². The number of hydrogen-bond acceptors (Lipinski definition) is 3. The fourth-order valence-electron chi connectivity index (χ4n) is 1.50. The van der Waals surface area contributed by atoms with Gasteiger partial charge in [-0.2, -0.15) is 0 Å². The Labute approximate surface area is 109 Å². The van der Waals surface area contributed by atoms with Crippen molar-refractivity contribution in [3.05, 3.63) is 29.8 Å². The minimum Gasteiger partial charge on any atom is -0.496 e. The van der Waals surface area contributed by atoms with Gasteiger partial charge >= 0.3 is 0 Å². The smallest absolute Gasteiger partial charge is 0.192 e. The molecule has 0 heterocycles. The third kappa shape index (κ3) is 4.88. The topological polar surface area (TPSA) is 35.5 Å². The van der Waals surface area contributed by atoms with Crippen molar-refractivity contribution in [2.24, 2.45) is 5.41 Å². The molecule has 0 saturated heterocycles. The van der Waals surface area contributed by atoms with E-state index >= 15 is 0 Å². The Morgan fingerprint density at radius 3 is 2.50 bits per heavy atom. The highest BCUT2D eigenvalue weighted by Gasteiger charge is 2.13. The molecule has 0 aliphatic heterocycles. The van der Waals surface area contributed by atoms with Crippen LogP contribution in [-0.4, -0.2) is 26.1 Å². The number of methoxy groups -OCH3 is 1. The van der Waals surface area contributed by atoms with Gasteiger partial charge in [0.25, 0.3) is 0 Å². The van der Waals surface area contributed by atoms with E-state index in [0.717, 1.165) is 6.42 Å². The van der Waals surface area contributed by atoms with Crippen LogP contribution in [-0.2, 0) is 4.74 Å². The largest absolute Gasteiger partial charge is 0.496 e. The molecular weight excluding hydrogens is 228 g/mol. The average molecular weight is 250 g/mol. The third-order valence-corrected chi connectivity index (χ3v) is 2.64. The molecule has 0 bridgehead atoms. The Morgan fingerprint density at radius 1 is 1.22 bits per heavy atom. The standard InChI is InChI=1S/C15H22O3/c1-15(2,3)9-10-18-11-13(16)12-7-5-6-8-14(12)17-4/h5-8H,9-11H2,1-4H3. The number of benzene rings is 1. The lowest BCUT2D eigenvalue weighted by Gasteiger charge is -2.17. The van der Waals surface area contributed by atoms with Gasteiger partial charge in [0.2, 0.25) is 0 Å². The summed E-state index contributed by atoms with van der Waals surface area (Å²) in [7, 11) is 1.56. The molecule has 3 heteroatoms. The summed E-state index contributed by atoms with van der Waals surface area (Å²) in [5.74, 6) is 0.559. The number of carbonyl (C=O) groups is 1. The van der Waals surface area contributed by atoms with Crippen molar-refractivity contribution >= 4 is 5.78 Å². The van der Waals surface area contributed by atoms with Crippen molar-refractivity contribution in [3.8, 4) is 5.75 Å². The second-order valence-electron chi connectivity index (χ2n) is 5.49. The maximum absolute atomic E-state index is 11.9.